The van der Waals surface area contributed by atoms with Crippen LogP contribution in [-0.4, -0.2) is 27.8 Å². The first-order chi connectivity index (χ1) is 11.1. The van der Waals surface area contributed by atoms with Gasteiger partial charge in [-0.2, -0.15) is 5.26 Å². The molecule has 0 atom stereocenters. The van der Waals surface area contributed by atoms with Crippen molar-refractivity contribution in [3.8, 4) is 17.6 Å². The van der Waals surface area contributed by atoms with Gasteiger partial charge in [0.2, 0.25) is 0 Å². The lowest BCUT2D eigenvalue weighted by Gasteiger charge is -2.04. The highest BCUT2D eigenvalue weighted by atomic mass is 16.5. The Morgan fingerprint density at radius 3 is 2.74 bits per heavy atom. The summed E-state index contributed by atoms with van der Waals surface area (Å²) < 4.78 is 5.04. The zero-order valence-electron chi connectivity index (χ0n) is 12.1. The maximum absolute atomic E-state index is 11.9. The third kappa shape index (κ3) is 4.58. The number of aromatic nitrogens is 1. The maximum Gasteiger partial charge on any atom is 0.348 e. The molecule has 1 heterocycles. The van der Waals surface area contributed by atoms with Crippen molar-refractivity contribution in [2.75, 3.05) is 6.61 Å². The highest BCUT2D eigenvalue weighted by Crippen LogP contribution is 2.25. The molecule has 0 radical (unpaired) electrons. The average molecular weight is 310 g/mol. The van der Waals surface area contributed by atoms with Crippen molar-refractivity contribution in [2.24, 2.45) is 0 Å². The second-order valence-electron chi connectivity index (χ2n) is 4.62. The molecule has 2 N–H and O–H groups in total. The van der Waals surface area contributed by atoms with E-state index in [1.54, 1.807) is 18.3 Å². The van der Waals surface area contributed by atoms with E-state index in [2.05, 4.69) is 4.98 Å². The number of phenolic OH excluding ortho intramolecular Hbond substituents is 2. The molecule has 6 nitrogen and oxygen atoms in total. The number of nitrogens with zero attached hydrogens (tertiary/aromatic N) is 2. The molecule has 23 heavy (non-hydrogen) atoms. The third-order valence-electron chi connectivity index (χ3n) is 2.97. The fourth-order valence-electron chi connectivity index (χ4n) is 1.81. The minimum absolute atomic E-state index is 0.107. The van der Waals surface area contributed by atoms with Crippen LogP contribution in [0.15, 0.2) is 48.2 Å². The Bertz CT molecular complexity index is 764. The Kier molecular flexibility index (Phi) is 5.31. The van der Waals surface area contributed by atoms with E-state index in [1.165, 1.54) is 24.3 Å². The SMILES string of the molecule is N#C/C(=C\c1ccc(O)c(O)c1)C(=O)OCCc1ccccn1. The van der Waals surface area contributed by atoms with E-state index in [-0.39, 0.29) is 23.7 Å². The van der Waals surface area contributed by atoms with Gasteiger partial charge in [0.05, 0.1) is 6.61 Å². The van der Waals surface area contributed by atoms with Gasteiger partial charge in [-0.1, -0.05) is 12.1 Å². The zero-order chi connectivity index (χ0) is 16.7. The fraction of sp³-hybridized carbons (Fsp3) is 0.118. The standard InChI is InChI=1S/C17H14N2O4/c18-11-13(9-12-4-5-15(20)16(21)10-12)17(22)23-8-6-14-3-1-2-7-19-14/h1-5,7,9-10,20-21H,6,8H2/b13-9+. The van der Waals surface area contributed by atoms with E-state index in [1.807, 2.05) is 12.1 Å². The van der Waals surface area contributed by atoms with Crippen molar-refractivity contribution >= 4 is 12.0 Å². The number of hydrogen-bond acceptors (Lipinski definition) is 6. The number of phenols is 2. The van der Waals surface area contributed by atoms with Crippen LogP contribution < -0.4 is 0 Å². The predicted molar refractivity (Wildman–Crippen MR) is 82.3 cm³/mol. The summed E-state index contributed by atoms with van der Waals surface area (Å²) in [7, 11) is 0. The van der Waals surface area contributed by atoms with Gasteiger partial charge in [0.1, 0.15) is 11.6 Å². The summed E-state index contributed by atoms with van der Waals surface area (Å²) in [6, 6.07) is 11.2. The van der Waals surface area contributed by atoms with Crippen LogP contribution >= 0.6 is 0 Å². The number of benzene rings is 1. The number of carbonyl (C=O) groups is 1. The lowest BCUT2D eigenvalue weighted by Crippen LogP contribution is -2.10. The molecule has 0 amide bonds. The van der Waals surface area contributed by atoms with Crippen molar-refractivity contribution in [1.29, 1.82) is 5.26 Å². The molecule has 6 heteroatoms. The highest BCUT2D eigenvalue weighted by Gasteiger charge is 2.11. The van der Waals surface area contributed by atoms with Gasteiger partial charge in [-0.05, 0) is 35.9 Å². The van der Waals surface area contributed by atoms with Gasteiger partial charge in [0.15, 0.2) is 11.5 Å². The van der Waals surface area contributed by atoms with Gasteiger partial charge in [-0.15, -0.1) is 0 Å². The first kappa shape index (κ1) is 16.0. The van der Waals surface area contributed by atoms with Crippen molar-refractivity contribution < 1.29 is 19.7 Å². The van der Waals surface area contributed by atoms with E-state index < -0.39 is 5.97 Å². The van der Waals surface area contributed by atoms with Gasteiger partial charge in [-0.25, -0.2) is 4.79 Å². The Morgan fingerprint density at radius 2 is 2.09 bits per heavy atom. The Hall–Kier alpha value is -3.33. The number of nitriles is 1. The Labute approximate surface area is 132 Å². The lowest BCUT2D eigenvalue weighted by molar-refractivity contribution is -0.138. The van der Waals surface area contributed by atoms with E-state index in [4.69, 9.17) is 10.00 Å². The van der Waals surface area contributed by atoms with Gasteiger partial charge >= 0.3 is 5.97 Å². The number of carbonyl (C=O) groups excluding carboxylic acids is 1. The molecule has 1 aromatic heterocycles. The number of hydrogen-bond donors (Lipinski definition) is 2. The summed E-state index contributed by atoms with van der Waals surface area (Å²) >= 11 is 0. The van der Waals surface area contributed by atoms with Crippen LogP contribution in [0.4, 0.5) is 0 Å². The van der Waals surface area contributed by atoms with E-state index in [0.717, 1.165) is 5.69 Å². The normalized spacial score (nSPS) is 10.8. The number of esters is 1. The molecular formula is C17H14N2O4. The summed E-state index contributed by atoms with van der Waals surface area (Å²) in [6.45, 7) is 0.107. The molecule has 2 rings (SSSR count). The minimum Gasteiger partial charge on any atom is -0.504 e. The topological polar surface area (TPSA) is 103 Å². The van der Waals surface area contributed by atoms with Crippen LogP contribution in [0.5, 0.6) is 11.5 Å². The van der Waals surface area contributed by atoms with Crippen LogP contribution in [0.3, 0.4) is 0 Å². The van der Waals surface area contributed by atoms with Gasteiger partial charge < -0.3 is 14.9 Å². The van der Waals surface area contributed by atoms with Crippen molar-refractivity contribution in [3.63, 3.8) is 0 Å². The Morgan fingerprint density at radius 1 is 1.26 bits per heavy atom. The first-order valence-corrected chi connectivity index (χ1v) is 6.81. The second kappa shape index (κ2) is 7.61. The molecule has 0 aliphatic heterocycles. The monoisotopic (exact) mass is 310 g/mol. The molecule has 1 aromatic carbocycles. The third-order valence-corrected chi connectivity index (χ3v) is 2.97. The number of rotatable bonds is 5. The zero-order valence-corrected chi connectivity index (χ0v) is 12.1. The minimum atomic E-state index is -0.754. The van der Waals surface area contributed by atoms with Crippen LogP contribution in [0.2, 0.25) is 0 Å². The van der Waals surface area contributed by atoms with E-state index >= 15 is 0 Å². The Balaban J connectivity index is 1.99. The van der Waals surface area contributed by atoms with Crippen LogP contribution in [0, 0.1) is 11.3 Å². The van der Waals surface area contributed by atoms with E-state index in [0.29, 0.717) is 12.0 Å². The molecule has 0 saturated carbocycles. The predicted octanol–water partition coefficient (Wildman–Crippen LogP) is 2.19. The summed E-state index contributed by atoms with van der Waals surface area (Å²) in [5.41, 5.74) is 0.987. The molecule has 0 saturated heterocycles. The molecule has 2 aromatic rings. The van der Waals surface area contributed by atoms with Gasteiger partial charge in [-0.3, -0.25) is 4.98 Å². The van der Waals surface area contributed by atoms with Crippen molar-refractivity contribution in [3.05, 3.63) is 59.4 Å². The molecule has 0 fully saturated rings. The lowest BCUT2D eigenvalue weighted by atomic mass is 10.1. The van der Waals surface area contributed by atoms with Crippen molar-refractivity contribution in [2.45, 2.75) is 6.42 Å². The maximum atomic E-state index is 11.9. The van der Waals surface area contributed by atoms with Crippen LogP contribution in [0.1, 0.15) is 11.3 Å². The highest BCUT2D eigenvalue weighted by molar-refractivity contribution is 5.97. The molecule has 0 bridgehead atoms. The second-order valence-corrected chi connectivity index (χ2v) is 4.62. The summed E-state index contributed by atoms with van der Waals surface area (Å²) in [5, 5.41) is 27.7. The summed E-state index contributed by atoms with van der Waals surface area (Å²) in [5.74, 6) is -1.37. The van der Waals surface area contributed by atoms with Crippen molar-refractivity contribution in [1.82, 2.24) is 4.98 Å². The average Bonchev–Trinajstić information content (AvgIpc) is 2.56. The molecule has 0 spiro atoms. The molecule has 116 valence electrons. The number of aromatic hydroxyl groups is 2. The number of ether oxygens (including phenoxy) is 1. The smallest absolute Gasteiger partial charge is 0.348 e. The molecule has 0 unspecified atom stereocenters. The first-order valence-electron chi connectivity index (χ1n) is 6.81. The fourth-order valence-corrected chi connectivity index (χ4v) is 1.81. The quantitative estimate of drug-likeness (QED) is 0.380. The molecule has 0 aliphatic carbocycles. The largest absolute Gasteiger partial charge is 0.504 e. The molecule has 0 aliphatic rings. The number of pyridine rings is 1. The van der Waals surface area contributed by atoms with E-state index in [9.17, 15) is 15.0 Å². The van der Waals surface area contributed by atoms with Gasteiger partial charge in [0.25, 0.3) is 0 Å². The van der Waals surface area contributed by atoms with Gasteiger partial charge in [0, 0.05) is 18.3 Å². The van der Waals surface area contributed by atoms with Crippen LogP contribution in [0.25, 0.3) is 6.08 Å². The summed E-state index contributed by atoms with van der Waals surface area (Å²) in [4.78, 5) is 16.0. The summed E-state index contributed by atoms with van der Waals surface area (Å²) in [6.07, 6.45) is 3.38. The molecular weight excluding hydrogens is 296 g/mol. The van der Waals surface area contributed by atoms with Crippen LogP contribution in [-0.2, 0) is 16.0 Å².